The molecule has 0 bridgehead atoms. The van der Waals surface area contributed by atoms with Crippen LogP contribution < -0.4 is 5.32 Å². The molecule has 0 amide bonds. The summed E-state index contributed by atoms with van der Waals surface area (Å²) in [6, 6.07) is 11.3. The Morgan fingerprint density at radius 2 is 2.00 bits per heavy atom. The molecule has 1 saturated carbocycles. The van der Waals surface area contributed by atoms with E-state index in [1.165, 1.54) is 31.4 Å². The highest BCUT2D eigenvalue weighted by Crippen LogP contribution is 2.42. The van der Waals surface area contributed by atoms with Crippen LogP contribution in [-0.2, 0) is 6.42 Å². The fourth-order valence-corrected chi connectivity index (χ4v) is 3.35. The van der Waals surface area contributed by atoms with Crippen LogP contribution in [0.5, 0.6) is 0 Å². The Kier molecular flexibility index (Phi) is 4.52. The minimum Gasteiger partial charge on any atom is -0.313 e. The maximum absolute atomic E-state index is 3.70. The first-order valence-electron chi connectivity index (χ1n) is 6.57. The first kappa shape index (κ1) is 13.0. The summed E-state index contributed by atoms with van der Waals surface area (Å²) >= 11 is 2.04. The largest absolute Gasteiger partial charge is 0.313 e. The van der Waals surface area contributed by atoms with Gasteiger partial charge in [-0.1, -0.05) is 36.8 Å². The zero-order valence-corrected chi connectivity index (χ0v) is 11.7. The molecule has 0 saturated heterocycles. The number of thioether (sulfide) groups is 1. The van der Waals surface area contributed by atoms with E-state index in [2.05, 4.69) is 48.8 Å². The van der Waals surface area contributed by atoms with Gasteiger partial charge in [0.1, 0.15) is 0 Å². The summed E-state index contributed by atoms with van der Waals surface area (Å²) in [7, 11) is 0. The standard InChI is InChI=1S/C15H23NS/c1-13(11-14-7-4-3-5-8-14)16-12-15(17-2)9-6-10-15/h3-5,7-8,13,16H,6,9-12H2,1-2H3. The third-order valence-electron chi connectivity index (χ3n) is 3.86. The fraction of sp³-hybridized carbons (Fsp3) is 0.600. The number of hydrogen-bond acceptors (Lipinski definition) is 2. The van der Waals surface area contributed by atoms with E-state index in [0.29, 0.717) is 10.8 Å². The Bertz CT molecular complexity index is 327. The van der Waals surface area contributed by atoms with Gasteiger partial charge in [0, 0.05) is 17.3 Å². The van der Waals surface area contributed by atoms with Gasteiger partial charge in [0.25, 0.3) is 0 Å². The molecule has 1 fully saturated rings. The van der Waals surface area contributed by atoms with E-state index in [1.54, 1.807) is 0 Å². The number of rotatable bonds is 6. The van der Waals surface area contributed by atoms with Crippen LogP contribution in [0.4, 0.5) is 0 Å². The number of nitrogens with one attached hydrogen (secondary N) is 1. The predicted molar refractivity (Wildman–Crippen MR) is 77.7 cm³/mol. The molecule has 1 N–H and O–H groups in total. The Morgan fingerprint density at radius 3 is 2.53 bits per heavy atom. The molecule has 1 aliphatic carbocycles. The normalized spacial score (nSPS) is 19.6. The van der Waals surface area contributed by atoms with Crippen LogP contribution in [0.2, 0.25) is 0 Å². The quantitative estimate of drug-likeness (QED) is 0.828. The minimum atomic E-state index is 0.547. The van der Waals surface area contributed by atoms with Gasteiger partial charge in [-0.05, 0) is 38.0 Å². The Labute approximate surface area is 109 Å². The summed E-state index contributed by atoms with van der Waals surface area (Å²) in [6.45, 7) is 3.46. The van der Waals surface area contributed by atoms with Crippen molar-refractivity contribution in [3.63, 3.8) is 0 Å². The monoisotopic (exact) mass is 249 g/mol. The fourth-order valence-electron chi connectivity index (χ4n) is 2.42. The van der Waals surface area contributed by atoms with Gasteiger partial charge in [-0.3, -0.25) is 0 Å². The van der Waals surface area contributed by atoms with Crippen LogP contribution in [0.25, 0.3) is 0 Å². The van der Waals surface area contributed by atoms with Crippen LogP contribution in [0.1, 0.15) is 31.7 Å². The highest BCUT2D eigenvalue weighted by atomic mass is 32.2. The van der Waals surface area contributed by atoms with Crippen molar-refractivity contribution in [3.8, 4) is 0 Å². The molecule has 1 nitrogen and oxygen atoms in total. The Hall–Kier alpha value is -0.470. The van der Waals surface area contributed by atoms with Gasteiger partial charge in [0.2, 0.25) is 0 Å². The summed E-state index contributed by atoms with van der Waals surface area (Å²) in [5.74, 6) is 0. The average Bonchev–Trinajstić information content (AvgIpc) is 2.29. The van der Waals surface area contributed by atoms with Gasteiger partial charge < -0.3 is 5.32 Å². The van der Waals surface area contributed by atoms with Crippen molar-refractivity contribution < 1.29 is 0 Å². The molecule has 0 radical (unpaired) electrons. The molecule has 2 rings (SSSR count). The molecule has 1 atom stereocenters. The van der Waals surface area contributed by atoms with Gasteiger partial charge in [-0.15, -0.1) is 0 Å². The molecule has 0 spiro atoms. The first-order chi connectivity index (χ1) is 8.24. The van der Waals surface area contributed by atoms with Gasteiger partial charge in [-0.2, -0.15) is 11.8 Å². The molecule has 0 heterocycles. The molecule has 1 aliphatic rings. The topological polar surface area (TPSA) is 12.0 Å². The zero-order valence-electron chi connectivity index (χ0n) is 10.9. The van der Waals surface area contributed by atoms with E-state index >= 15 is 0 Å². The van der Waals surface area contributed by atoms with Gasteiger partial charge in [-0.25, -0.2) is 0 Å². The molecule has 17 heavy (non-hydrogen) atoms. The van der Waals surface area contributed by atoms with E-state index < -0.39 is 0 Å². The van der Waals surface area contributed by atoms with Crippen LogP contribution in [-0.4, -0.2) is 23.6 Å². The minimum absolute atomic E-state index is 0.547. The van der Waals surface area contributed by atoms with Crippen LogP contribution in [0.15, 0.2) is 30.3 Å². The second kappa shape index (κ2) is 5.92. The van der Waals surface area contributed by atoms with Gasteiger partial charge in [0.15, 0.2) is 0 Å². The average molecular weight is 249 g/mol. The SMILES string of the molecule is CSC1(CNC(C)Cc2ccccc2)CCC1. The van der Waals surface area contributed by atoms with Crippen molar-refractivity contribution >= 4 is 11.8 Å². The third kappa shape index (κ3) is 3.49. The molecule has 0 aromatic heterocycles. The van der Waals surface area contributed by atoms with E-state index in [0.717, 1.165) is 6.42 Å². The molecule has 94 valence electrons. The van der Waals surface area contributed by atoms with Crippen molar-refractivity contribution in [2.24, 2.45) is 0 Å². The van der Waals surface area contributed by atoms with Crippen molar-refractivity contribution in [1.82, 2.24) is 5.32 Å². The lowest BCUT2D eigenvalue weighted by atomic mass is 9.84. The highest BCUT2D eigenvalue weighted by Gasteiger charge is 2.35. The summed E-state index contributed by atoms with van der Waals surface area (Å²) < 4.78 is 0.547. The molecule has 2 heteroatoms. The molecule has 1 aromatic rings. The highest BCUT2D eigenvalue weighted by molar-refractivity contribution is 8.00. The van der Waals surface area contributed by atoms with Crippen LogP contribution in [0.3, 0.4) is 0 Å². The van der Waals surface area contributed by atoms with Crippen molar-refractivity contribution in [2.45, 2.75) is 43.4 Å². The number of hydrogen-bond donors (Lipinski definition) is 1. The summed E-state index contributed by atoms with van der Waals surface area (Å²) in [5.41, 5.74) is 1.43. The van der Waals surface area contributed by atoms with Crippen molar-refractivity contribution in [2.75, 3.05) is 12.8 Å². The second-order valence-corrected chi connectivity index (χ2v) is 6.49. The maximum Gasteiger partial charge on any atom is 0.0281 e. The first-order valence-corrected chi connectivity index (χ1v) is 7.79. The zero-order chi connectivity index (χ0) is 12.1. The lowest BCUT2D eigenvalue weighted by Gasteiger charge is -2.41. The maximum atomic E-state index is 3.70. The van der Waals surface area contributed by atoms with E-state index in [-0.39, 0.29) is 0 Å². The Balaban J connectivity index is 1.76. The second-order valence-electron chi connectivity index (χ2n) is 5.21. The van der Waals surface area contributed by atoms with E-state index in [1.807, 2.05) is 11.8 Å². The van der Waals surface area contributed by atoms with Crippen LogP contribution >= 0.6 is 11.8 Å². The summed E-state index contributed by atoms with van der Waals surface area (Å²) in [5, 5.41) is 3.70. The van der Waals surface area contributed by atoms with E-state index in [4.69, 9.17) is 0 Å². The third-order valence-corrected chi connectivity index (χ3v) is 5.27. The summed E-state index contributed by atoms with van der Waals surface area (Å²) in [6.07, 6.45) is 7.57. The molecule has 1 unspecified atom stereocenters. The Morgan fingerprint density at radius 1 is 1.29 bits per heavy atom. The molecular formula is C15H23NS. The van der Waals surface area contributed by atoms with Gasteiger partial charge in [0.05, 0.1) is 0 Å². The van der Waals surface area contributed by atoms with Crippen LogP contribution in [0, 0.1) is 0 Å². The summed E-state index contributed by atoms with van der Waals surface area (Å²) in [4.78, 5) is 0. The lowest BCUT2D eigenvalue weighted by Crippen LogP contribution is -2.46. The van der Waals surface area contributed by atoms with Gasteiger partial charge >= 0.3 is 0 Å². The molecule has 0 aliphatic heterocycles. The van der Waals surface area contributed by atoms with E-state index in [9.17, 15) is 0 Å². The van der Waals surface area contributed by atoms with Crippen molar-refractivity contribution in [3.05, 3.63) is 35.9 Å². The lowest BCUT2D eigenvalue weighted by molar-refractivity contribution is 0.332. The number of benzene rings is 1. The predicted octanol–water partition coefficient (Wildman–Crippen LogP) is 3.49. The molecular weight excluding hydrogens is 226 g/mol. The molecule has 1 aromatic carbocycles. The smallest absolute Gasteiger partial charge is 0.0281 e. The van der Waals surface area contributed by atoms with Crippen molar-refractivity contribution in [1.29, 1.82) is 0 Å².